The van der Waals surface area contributed by atoms with Gasteiger partial charge in [-0.25, -0.2) is 0 Å². The highest BCUT2D eigenvalue weighted by Gasteiger charge is 2.17. The van der Waals surface area contributed by atoms with E-state index >= 15 is 0 Å². The van der Waals surface area contributed by atoms with Crippen LogP contribution in [0.15, 0.2) is 77.3 Å². The summed E-state index contributed by atoms with van der Waals surface area (Å²) < 4.78 is 5.99. The maximum atomic E-state index is 12.8. The molecule has 5 heteroatoms. The minimum atomic E-state index is -0.276. The minimum absolute atomic E-state index is 0.179. The molecule has 0 unspecified atom stereocenters. The number of carbonyl (C=O) groups excluding carboxylic acids is 2. The van der Waals surface area contributed by atoms with Gasteiger partial charge >= 0.3 is 0 Å². The first kappa shape index (κ1) is 20.0. The largest absolute Gasteiger partial charge is 0.380 e. The number of ether oxygens (including phenoxy) is 1. The summed E-state index contributed by atoms with van der Waals surface area (Å²) >= 11 is 3.36. The maximum absolute atomic E-state index is 12.8. The van der Waals surface area contributed by atoms with Crippen LogP contribution < -0.4 is 5.32 Å². The Bertz CT molecular complexity index is 966. The number of amides is 1. The Morgan fingerprint density at radius 2 is 1.46 bits per heavy atom. The van der Waals surface area contributed by atoms with Gasteiger partial charge in [-0.1, -0.05) is 58.4 Å². The number of hydrogen-bond donors (Lipinski definition) is 1. The SMILES string of the molecule is COCc1ccc(CNC(=O)c2ccccc2C(=O)c2ccc(Br)cc2)cc1. The van der Waals surface area contributed by atoms with E-state index in [2.05, 4.69) is 21.2 Å². The van der Waals surface area contributed by atoms with Gasteiger partial charge in [-0.05, 0) is 41.5 Å². The van der Waals surface area contributed by atoms with Crippen molar-refractivity contribution in [1.82, 2.24) is 5.32 Å². The van der Waals surface area contributed by atoms with Gasteiger partial charge in [-0.2, -0.15) is 0 Å². The van der Waals surface area contributed by atoms with Crippen LogP contribution in [-0.2, 0) is 17.9 Å². The molecule has 0 spiro atoms. The van der Waals surface area contributed by atoms with E-state index < -0.39 is 0 Å². The molecule has 0 heterocycles. The summed E-state index contributed by atoms with van der Waals surface area (Å²) in [6.45, 7) is 0.936. The third kappa shape index (κ3) is 4.94. The highest BCUT2D eigenvalue weighted by atomic mass is 79.9. The van der Waals surface area contributed by atoms with Crippen LogP contribution in [0.1, 0.15) is 37.4 Å². The molecule has 0 aromatic heterocycles. The van der Waals surface area contributed by atoms with E-state index in [1.54, 1.807) is 43.5 Å². The lowest BCUT2D eigenvalue weighted by Gasteiger charge is -2.10. The van der Waals surface area contributed by atoms with Gasteiger partial charge in [0.1, 0.15) is 0 Å². The summed E-state index contributed by atoms with van der Waals surface area (Å²) in [6.07, 6.45) is 0. The summed E-state index contributed by atoms with van der Waals surface area (Å²) in [7, 11) is 1.65. The second-order valence-corrected chi connectivity index (χ2v) is 7.23. The zero-order valence-electron chi connectivity index (χ0n) is 15.4. The first-order chi connectivity index (χ1) is 13.6. The Balaban J connectivity index is 1.73. The molecule has 142 valence electrons. The Morgan fingerprint density at radius 3 is 2.11 bits per heavy atom. The molecular weight excluding hydrogens is 418 g/mol. The smallest absolute Gasteiger partial charge is 0.252 e. The lowest BCUT2D eigenvalue weighted by Crippen LogP contribution is -2.25. The van der Waals surface area contributed by atoms with E-state index in [9.17, 15) is 9.59 Å². The van der Waals surface area contributed by atoms with Crippen molar-refractivity contribution in [3.05, 3.63) is 105 Å². The summed E-state index contributed by atoms with van der Waals surface area (Å²) in [4.78, 5) is 25.6. The quantitative estimate of drug-likeness (QED) is 0.542. The Morgan fingerprint density at radius 1 is 0.857 bits per heavy atom. The van der Waals surface area contributed by atoms with Gasteiger partial charge in [0, 0.05) is 29.3 Å². The van der Waals surface area contributed by atoms with Crippen molar-refractivity contribution in [3.63, 3.8) is 0 Å². The van der Waals surface area contributed by atoms with Crippen molar-refractivity contribution in [3.8, 4) is 0 Å². The zero-order valence-corrected chi connectivity index (χ0v) is 17.0. The van der Waals surface area contributed by atoms with Crippen molar-refractivity contribution < 1.29 is 14.3 Å². The molecule has 0 saturated heterocycles. The van der Waals surface area contributed by atoms with Gasteiger partial charge in [-0.3, -0.25) is 9.59 Å². The predicted octanol–water partition coefficient (Wildman–Crippen LogP) is 4.76. The second-order valence-electron chi connectivity index (χ2n) is 6.31. The standard InChI is InChI=1S/C23H20BrNO3/c1-28-15-17-8-6-16(7-9-17)14-25-23(27)21-5-3-2-4-20(21)22(26)18-10-12-19(24)13-11-18/h2-13H,14-15H2,1H3,(H,25,27). The number of methoxy groups -OCH3 is 1. The highest BCUT2D eigenvalue weighted by Crippen LogP contribution is 2.17. The van der Waals surface area contributed by atoms with Crippen LogP contribution in [0, 0.1) is 0 Å². The average Bonchev–Trinajstić information content (AvgIpc) is 2.73. The van der Waals surface area contributed by atoms with Crippen molar-refractivity contribution in [2.75, 3.05) is 7.11 Å². The Labute approximate surface area is 172 Å². The molecule has 0 fully saturated rings. The number of rotatable bonds is 7. The third-order valence-corrected chi connectivity index (χ3v) is 4.84. The Kier molecular flexibility index (Phi) is 6.74. The molecule has 0 saturated carbocycles. The van der Waals surface area contributed by atoms with E-state index in [4.69, 9.17) is 4.74 Å². The third-order valence-electron chi connectivity index (χ3n) is 4.31. The summed E-state index contributed by atoms with van der Waals surface area (Å²) in [5.74, 6) is -0.454. The minimum Gasteiger partial charge on any atom is -0.380 e. The molecule has 0 bridgehead atoms. The molecule has 3 aromatic carbocycles. The van der Waals surface area contributed by atoms with E-state index in [1.807, 2.05) is 36.4 Å². The number of nitrogens with one attached hydrogen (secondary N) is 1. The lowest BCUT2D eigenvalue weighted by atomic mass is 9.98. The molecule has 1 N–H and O–H groups in total. The lowest BCUT2D eigenvalue weighted by molar-refractivity contribution is 0.0939. The monoisotopic (exact) mass is 437 g/mol. The average molecular weight is 438 g/mol. The number of carbonyl (C=O) groups is 2. The fraction of sp³-hybridized carbons (Fsp3) is 0.130. The van der Waals surface area contributed by atoms with E-state index in [-0.39, 0.29) is 11.7 Å². The summed E-state index contributed by atoms with van der Waals surface area (Å²) in [6, 6.07) is 21.8. The van der Waals surface area contributed by atoms with Crippen LogP contribution in [0.3, 0.4) is 0 Å². The van der Waals surface area contributed by atoms with Crippen molar-refractivity contribution in [2.45, 2.75) is 13.2 Å². The second kappa shape index (κ2) is 9.44. The number of halogens is 1. The number of ketones is 1. The van der Waals surface area contributed by atoms with Crippen molar-refractivity contribution in [1.29, 1.82) is 0 Å². The zero-order chi connectivity index (χ0) is 19.9. The predicted molar refractivity (Wildman–Crippen MR) is 112 cm³/mol. The molecule has 0 atom stereocenters. The molecule has 3 aromatic rings. The maximum Gasteiger partial charge on any atom is 0.252 e. The molecular formula is C23H20BrNO3. The summed E-state index contributed by atoms with van der Waals surface area (Å²) in [5, 5.41) is 2.89. The summed E-state index contributed by atoms with van der Waals surface area (Å²) in [5.41, 5.74) is 3.34. The van der Waals surface area contributed by atoms with Gasteiger partial charge in [-0.15, -0.1) is 0 Å². The number of hydrogen-bond acceptors (Lipinski definition) is 3. The van der Waals surface area contributed by atoms with Crippen molar-refractivity contribution in [2.24, 2.45) is 0 Å². The van der Waals surface area contributed by atoms with Crippen LogP contribution in [0.2, 0.25) is 0 Å². The highest BCUT2D eigenvalue weighted by molar-refractivity contribution is 9.10. The topological polar surface area (TPSA) is 55.4 Å². The first-order valence-electron chi connectivity index (χ1n) is 8.82. The molecule has 3 rings (SSSR count). The molecule has 1 amide bonds. The van der Waals surface area contributed by atoms with Crippen LogP contribution >= 0.6 is 15.9 Å². The van der Waals surface area contributed by atoms with Crippen LogP contribution in [-0.4, -0.2) is 18.8 Å². The molecule has 28 heavy (non-hydrogen) atoms. The van der Waals surface area contributed by atoms with Crippen LogP contribution in [0.5, 0.6) is 0 Å². The van der Waals surface area contributed by atoms with Crippen LogP contribution in [0.25, 0.3) is 0 Å². The van der Waals surface area contributed by atoms with Gasteiger partial charge in [0.25, 0.3) is 5.91 Å². The fourth-order valence-corrected chi connectivity index (χ4v) is 3.10. The van der Waals surface area contributed by atoms with E-state index in [1.165, 1.54) is 0 Å². The van der Waals surface area contributed by atoms with Crippen molar-refractivity contribution >= 4 is 27.6 Å². The van der Waals surface area contributed by atoms with Gasteiger partial charge < -0.3 is 10.1 Å². The van der Waals surface area contributed by atoms with Gasteiger partial charge in [0.05, 0.1) is 12.2 Å². The molecule has 0 aliphatic carbocycles. The first-order valence-corrected chi connectivity index (χ1v) is 9.62. The fourth-order valence-electron chi connectivity index (χ4n) is 2.83. The number of benzene rings is 3. The molecule has 0 aliphatic rings. The van der Waals surface area contributed by atoms with Gasteiger partial charge in [0.2, 0.25) is 0 Å². The van der Waals surface area contributed by atoms with E-state index in [0.29, 0.717) is 29.8 Å². The van der Waals surface area contributed by atoms with Crippen LogP contribution in [0.4, 0.5) is 0 Å². The molecule has 4 nitrogen and oxygen atoms in total. The van der Waals surface area contributed by atoms with Gasteiger partial charge in [0.15, 0.2) is 5.78 Å². The normalized spacial score (nSPS) is 10.5. The molecule has 0 aliphatic heterocycles. The molecule has 0 radical (unpaired) electrons. The van der Waals surface area contributed by atoms with E-state index in [0.717, 1.165) is 15.6 Å². The Hall–Kier alpha value is -2.76.